The van der Waals surface area contributed by atoms with Gasteiger partial charge in [-0.1, -0.05) is 30.2 Å². The summed E-state index contributed by atoms with van der Waals surface area (Å²) in [6, 6.07) is 7.51. The summed E-state index contributed by atoms with van der Waals surface area (Å²) in [4.78, 5) is 11.9. The van der Waals surface area contributed by atoms with Gasteiger partial charge in [0.15, 0.2) is 0 Å². The maximum atomic E-state index is 11.9. The van der Waals surface area contributed by atoms with Gasteiger partial charge in [0.1, 0.15) is 0 Å². The summed E-state index contributed by atoms with van der Waals surface area (Å²) in [6.45, 7) is 1.72. The van der Waals surface area contributed by atoms with E-state index in [0.717, 1.165) is 13.0 Å². The molecule has 1 aliphatic rings. The van der Waals surface area contributed by atoms with Crippen LogP contribution in [0.4, 0.5) is 0 Å². The number of carbonyl (C=O) groups is 1. The molecule has 1 atom stereocenters. The normalized spacial score (nSPS) is 19.9. The molecule has 0 radical (unpaired) electrons. The zero-order valence-corrected chi connectivity index (χ0v) is 10.5. The van der Waals surface area contributed by atoms with Crippen LogP contribution in [0.15, 0.2) is 24.3 Å². The molecule has 92 valence electrons. The van der Waals surface area contributed by atoms with Crippen LogP contribution in [-0.2, 0) is 0 Å². The lowest BCUT2D eigenvalue weighted by molar-refractivity contribution is 0.0948. The van der Waals surface area contributed by atoms with Crippen molar-refractivity contribution in [3.8, 4) is 0 Å². The molecule has 1 heterocycles. The van der Waals surface area contributed by atoms with Crippen LogP contribution in [0.2, 0.25) is 5.02 Å². The van der Waals surface area contributed by atoms with E-state index in [1.54, 1.807) is 12.1 Å². The summed E-state index contributed by atoms with van der Waals surface area (Å²) in [5.41, 5.74) is 0.546. The topological polar surface area (TPSA) is 41.1 Å². The molecule has 1 aliphatic heterocycles. The third kappa shape index (κ3) is 3.45. The molecular formula is C13H17ClN2O. The van der Waals surface area contributed by atoms with Crippen molar-refractivity contribution < 1.29 is 4.79 Å². The molecule has 0 aliphatic carbocycles. The number of benzene rings is 1. The standard InChI is InChI=1S/C13H17ClN2O/c14-12-7-2-1-6-11(12)13(17)16-9-10-5-3-4-8-15-10/h1-2,6-7,10,15H,3-5,8-9H2,(H,16,17). The van der Waals surface area contributed by atoms with Crippen molar-refractivity contribution in [2.45, 2.75) is 25.3 Å². The molecule has 4 heteroatoms. The van der Waals surface area contributed by atoms with Gasteiger partial charge in [-0.3, -0.25) is 4.79 Å². The molecule has 2 rings (SSSR count). The largest absolute Gasteiger partial charge is 0.350 e. The zero-order valence-electron chi connectivity index (χ0n) is 9.71. The number of amides is 1. The first kappa shape index (κ1) is 12.4. The lowest BCUT2D eigenvalue weighted by Crippen LogP contribution is -2.43. The summed E-state index contributed by atoms with van der Waals surface area (Å²) < 4.78 is 0. The summed E-state index contributed by atoms with van der Waals surface area (Å²) in [6.07, 6.45) is 3.59. The molecule has 1 saturated heterocycles. The number of hydrogen-bond acceptors (Lipinski definition) is 2. The van der Waals surface area contributed by atoms with Crippen LogP contribution in [0.3, 0.4) is 0 Å². The molecule has 1 aromatic carbocycles. The summed E-state index contributed by atoms with van der Waals surface area (Å²) in [7, 11) is 0. The van der Waals surface area contributed by atoms with Gasteiger partial charge >= 0.3 is 0 Å². The minimum Gasteiger partial charge on any atom is -0.350 e. The van der Waals surface area contributed by atoms with E-state index in [9.17, 15) is 4.79 Å². The highest BCUT2D eigenvalue weighted by molar-refractivity contribution is 6.33. The Morgan fingerprint density at radius 1 is 1.41 bits per heavy atom. The van der Waals surface area contributed by atoms with Gasteiger partial charge in [0.05, 0.1) is 10.6 Å². The Morgan fingerprint density at radius 2 is 2.24 bits per heavy atom. The highest BCUT2D eigenvalue weighted by Crippen LogP contribution is 2.14. The molecular weight excluding hydrogens is 236 g/mol. The van der Waals surface area contributed by atoms with Gasteiger partial charge in [-0.05, 0) is 31.5 Å². The predicted molar refractivity (Wildman–Crippen MR) is 69.4 cm³/mol. The number of rotatable bonds is 3. The molecule has 1 aromatic rings. The van der Waals surface area contributed by atoms with E-state index in [1.807, 2.05) is 12.1 Å². The van der Waals surface area contributed by atoms with E-state index in [0.29, 0.717) is 23.2 Å². The van der Waals surface area contributed by atoms with Crippen molar-refractivity contribution in [3.63, 3.8) is 0 Å². The number of carbonyl (C=O) groups excluding carboxylic acids is 1. The van der Waals surface area contributed by atoms with Gasteiger partial charge in [0, 0.05) is 12.6 Å². The lowest BCUT2D eigenvalue weighted by atomic mass is 10.1. The first-order valence-corrected chi connectivity index (χ1v) is 6.41. The fourth-order valence-electron chi connectivity index (χ4n) is 2.05. The van der Waals surface area contributed by atoms with Crippen molar-refractivity contribution >= 4 is 17.5 Å². The van der Waals surface area contributed by atoms with Crippen LogP contribution in [0.5, 0.6) is 0 Å². The number of nitrogens with one attached hydrogen (secondary N) is 2. The predicted octanol–water partition coefficient (Wildman–Crippen LogP) is 2.21. The maximum absolute atomic E-state index is 11.9. The van der Waals surface area contributed by atoms with Crippen molar-refractivity contribution in [1.82, 2.24) is 10.6 Å². The van der Waals surface area contributed by atoms with Gasteiger partial charge in [-0.15, -0.1) is 0 Å². The van der Waals surface area contributed by atoms with Crippen LogP contribution in [0.1, 0.15) is 29.6 Å². The molecule has 0 aromatic heterocycles. The number of piperidine rings is 1. The van der Waals surface area contributed by atoms with Crippen molar-refractivity contribution in [1.29, 1.82) is 0 Å². The first-order valence-electron chi connectivity index (χ1n) is 6.03. The zero-order chi connectivity index (χ0) is 12.1. The second-order valence-corrected chi connectivity index (χ2v) is 4.74. The van der Waals surface area contributed by atoms with Crippen molar-refractivity contribution in [2.24, 2.45) is 0 Å². The van der Waals surface area contributed by atoms with Gasteiger partial charge in [-0.2, -0.15) is 0 Å². The van der Waals surface area contributed by atoms with Crippen LogP contribution >= 0.6 is 11.6 Å². The number of halogens is 1. The van der Waals surface area contributed by atoms with Crippen LogP contribution in [-0.4, -0.2) is 25.0 Å². The summed E-state index contributed by atoms with van der Waals surface area (Å²) in [5.74, 6) is -0.0945. The molecule has 17 heavy (non-hydrogen) atoms. The Balaban J connectivity index is 1.87. The minimum absolute atomic E-state index is 0.0945. The SMILES string of the molecule is O=C(NCC1CCCCN1)c1ccccc1Cl. The molecule has 1 amide bonds. The third-order valence-electron chi connectivity index (χ3n) is 3.04. The second kappa shape index (κ2) is 6.03. The van der Waals surface area contributed by atoms with Crippen molar-refractivity contribution in [2.75, 3.05) is 13.1 Å². The van der Waals surface area contributed by atoms with E-state index in [-0.39, 0.29) is 5.91 Å². The number of hydrogen-bond donors (Lipinski definition) is 2. The first-order chi connectivity index (χ1) is 8.27. The Kier molecular flexibility index (Phi) is 4.40. The molecule has 2 N–H and O–H groups in total. The fraction of sp³-hybridized carbons (Fsp3) is 0.462. The highest BCUT2D eigenvalue weighted by Gasteiger charge is 2.15. The Morgan fingerprint density at radius 3 is 2.94 bits per heavy atom. The maximum Gasteiger partial charge on any atom is 0.252 e. The van der Waals surface area contributed by atoms with Crippen LogP contribution < -0.4 is 10.6 Å². The van der Waals surface area contributed by atoms with Crippen LogP contribution in [0.25, 0.3) is 0 Å². The van der Waals surface area contributed by atoms with Gasteiger partial charge in [0.25, 0.3) is 5.91 Å². The van der Waals surface area contributed by atoms with Gasteiger partial charge in [-0.25, -0.2) is 0 Å². The Hall–Kier alpha value is -1.06. The molecule has 0 bridgehead atoms. The monoisotopic (exact) mass is 252 g/mol. The molecule has 3 nitrogen and oxygen atoms in total. The summed E-state index contributed by atoms with van der Waals surface area (Å²) in [5, 5.41) is 6.82. The third-order valence-corrected chi connectivity index (χ3v) is 3.37. The average molecular weight is 253 g/mol. The van der Waals surface area contributed by atoms with E-state index >= 15 is 0 Å². The highest BCUT2D eigenvalue weighted by atomic mass is 35.5. The quantitative estimate of drug-likeness (QED) is 0.866. The molecule has 1 unspecified atom stereocenters. The molecule has 0 saturated carbocycles. The van der Waals surface area contributed by atoms with Crippen molar-refractivity contribution in [3.05, 3.63) is 34.9 Å². The second-order valence-electron chi connectivity index (χ2n) is 4.34. The molecule has 0 spiro atoms. The van der Waals surface area contributed by atoms with E-state index in [2.05, 4.69) is 10.6 Å². The van der Waals surface area contributed by atoms with E-state index < -0.39 is 0 Å². The minimum atomic E-state index is -0.0945. The lowest BCUT2D eigenvalue weighted by Gasteiger charge is -2.23. The smallest absolute Gasteiger partial charge is 0.252 e. The summed E-state index contributed by atoms with van der Waals surface area (Å²) >= 11 is 5.96. The van der Waals surface area contributed by atoms with Gasteiger partial charge < -0.3 is 10.6 Å². The van der Waals surface area contributed by atoms with Crippen LogP contribution in [0, 0.1) is 0 Å². The average Bonchev–Trinajstić information content (AvgIpc) is 2.38. The fourth-order valence-corrected chi connectivity index (χ4v) is 2.28. The van der Waals surface area contributed by atoms with E-state index in [4.69, 9.17) is 11.6 Å². The van der Waals surface area contributed by atoms with E-state index in [1.165, 1.54) is 12.8 Å². The van der Waals surface area contributed by atoms with Gasteiger partial charge in [0.2, 0.25) is 0 Å². The molecule has 1 fully saturated rings. The Labute approximate surface area is 107 Å². The Bertz CT molecular complexity index is 389.